The van der Waals surface area contributed by atoms with Crippen molar-refractivity contribution < 1.29 is 24.6 Å². The number of benzene rings is 2. The molecular weight excluding hydrogens is 705 g/mol. The van der Waals surface area contributed by atoms with Crippen molar-refractivity contribution in [3.63, 3.8) is 0 Å². The summed E-state index contributed by atoms with van der Waals surface area (Å²) in [6, 6.07) is 14.6. The molecule has 286 valence electrons. The number of nitrogens with two attached hydrogens (primary N) is 1. The molecule has 0 saturated carbocycles. The van der Waals surface area contributed by atoms with Crippen molar-refractivity contribution >= 4 is 40.6 Å². The van der Waals surface area contributed by atoms with Crippen LogP contribution in [0.4, 0.5) is 11.5 Å². The zero-order chi connectivity index (χ0) is 38.7. The predicted octanol–water partition coefficient (Wildman–Crippen LogP) is 4.84. The molecule has 2 fully saturated rings. The maximum Gasteiger partial charge on any atom is 0.246 e. The van der Waals surface area contributed by atoms with E-state index < -0.39 is 23.6 Å². The molecule has 3 amide bonds. The molecule has 2 unspecified atom stereocenters. The van der Waals surface area contributed by atoms with Gasteiger partial charge in [0.15, 0.2) is 5.82 Å². The number of aliphatic hydroxyl groups is 1. The Morgan fingerprint density at radius 2 is 1.74 bits per heavy atom. The van der Waals surface area contributed by atoms with Crippen LogP contribution in [0, 0.1) is 18.3 Å². The summed E-state index contributed by atoms with van der Waals surface area (Å²) in [5.41, 5.74) is 12.1. The number of rotatable bonds is 10. The summed E-state index contributed by atoms with van der Waals surface area (Å²) >= 11 is 1.58. The smallest absolute Gasteiger partial charge is 0.246 e. The average molecular weight is 755 g/mol. The molecule has 13 nitrogen and oxygen atoms in total. The normalized spacial score (nSPS) is 19.0. The summed E-state index contributed by atoms with van der Waals surface area (Å²) in [5.74, 6) is -0.492. The first kappa shape index (κ1) is 38.6. The zero-order valence-electron chi connectivity index (χ0n) is 31.5. The maximum absolute atomic E-state index is 14.2. The Kier molecular flexibility index (Phi) is 11.5. The number of hydrogen-bond donors (Lipinski definition) is 5. The van der Waals surface area contributed by atoms with Crippen LogP contribution in [0.25, 0.3) is 21.7 Å². The molecule has 4 aromatic rings. The van der Waals surface area contributed by atoms with E-state index in [1.165, 1.54) is 4.90 Å². The number of amides is 3. The second-order valence-corrected chi connectivity index (χ2v) is 16.4. The standard InChI is InChI=1S/C40H50N8O5S/c1-23(26-10-12-27(13-11-26)35-24(2)42-22-54-35)43-38(52)32-19-28(49)21-48(32)39(53)36(40(3,4)5)44-34(51)18-25-14-16-47(17-15-25)31-20-30(45-46-37(31)41)29-8-6-7-9-33(29)50/h6-13,20,22-23,25,28,32,36,49-50H,14-19,21H2,1-5H3,(H2,41,46)(H,43,52)(H,44,51)/t23?,28-,32+,36?/m1/s1. The molecule has 2 aliphatic rings. The Balaban J connectivity index is 1.06. The van der Waals surface area contributed by atoms with E-state index in [1.54, 1.807) is 29.5 Å². The van der Waals surface area contributed by atoms with Crippen molar-refractivity contribution in [3.8, 4) is 27.4 Å². The van der Waals surface area contributed by atoms with E-state index in [-0.39, 0.29) is 54.8 Å². The van der Waals surface area contributed by atoms with Crippen molar-refractivity contribution in [2.75, 3.05) is 30.3 Å². The summed E-state index contributed by atoms with van der Waals surface area (Å²) in [4.78, 5) is 50.3. The number of phenols is 1. The van der Waals surface area contributed by atoms with Gasteiger partial charge in [0.1, 0.15) is 17.8 Å². The lowest BCUT2D eigenvalue weighted by Crippen LogP contribution is -2.58. The second-order valence-electron chi connectivity index (χ2n) is 15.5. The second kappa shape index (κ2) is 16.1. The average Bonchev–Trinajstić information content (AvgIpc) is 3.76. The Labute approximate surface area is 320 Å². The molecule has 6 N–H and O–H groups in total. The fourth-order valence-corrected chi connectivity index (χ4v) is 8.15. The van der Waals surface area contributed by atoms with Crippen molar-refractivity contribution in [2.24, 2.45) is 11.3 Å². The Bertz CT molecular complexity index is 1970. The van der Waals surface area contributed by atoms with Gasteiger partial charge in [-0.1, -0.05) is 57.2 Å². The predicted molar refractivity (Wildman–Crippen MR) is 209 cm³/mol. The number of anilines is 2. The highest BCUT2D eigenvalue weighted by molar-refractivity contribution is 7.13. The fourth-order valence-electron chi connectivity index (χ4n) is 7.34. The first-order valence-electron chi connectivity index (χ1n) is 18.4. The highest BCUT2D eigenvalue weighted by Gasteiger charge is 2.45. The number of aliphatic hydroxyl groups excluding tert-OH is 1. The van der Waals surface area contributed by atoms with Gasteiger partial charge in [0.2, 0.25) is 17.7 Å². The quantitative estimate of drug-likeness (QED) is 0.150. The van der Waals surface area contributed by atoms with Gasteiger partial charge >= 0.3 is 0 Å². The number of nitrogens with zero attached hydrogens (tertiary/aromatic N) is 5. The van der Waals surface area contributed by atoms with E-state index >= 15 is 0 Å². The van der Waals surface area contributed by atoms with Gasteiger partial charge in [-0.05, 0) is 67.3 Å². The molecule has 0 radical (unpaired) electrons. The van der Waals surface area contributed by atoms with Crippen LogP contribution in [-0.2, 0) is 14.4 Å². The number of carbonyl (C=O) groups excluding carboxylic acids is 3. The monoisotopic (exact) mass is 754 g/mol. The summed E-state index contributed by atoms with van der Waals surface area (Å²) in [6.45, 7) is 10.8. The number of thiazole rings is 1. The first-order valence-corrected chi connectivity index (χ1v) is 19.3. The summed E-state index contributed by atoms with van der Waals surface area (Å²) in [5, 5.41) is 35.3. The largest absolute Gasteiger partial charge is 0.507 e. The van der Waals surface area contributed by atoms with Gasteiger partial charge < -0.3 is 36.4 Å². The Morgan fingerprint density at radius 3 is 2.39 bits per heavy atom. The number of hydrogen-bond acceptors (Lipinski definition) is 11. The van der Waals surface area contributed by atoms with E-state index in [0.717, 1.165) is 40.2 Å². The Hall–Kier alpha value is -5.08. The molecule has 0 spiro atoms. The molecule has 2 aromatic heterocycles. The van der Waals surface area contributed by atoms with Crippen LogP contribution >= 0.6 is 11.3 Å². The third-order valence-corrected chi connectivity index (χ3v) is 11.4. The summed E-state index contributed by atoms with van der Waals surface area (Å²) in [7, 11) is 0. The number of aromatic nitrogens is 3. The maximum atomic E-state index is 14.2. The van der Waals surface area contributed by atoms with Crippen LogP contribution in [-0.4, -0.2) is 85.8 Å². The van der Waals surface area contributed by atoms with Gasteiger partial charge in [-0.15, -0.1) is 21.5 Å². The minimum atomic E-state index is -0.902. The van der Waals surface area contributed by atoms with Crippen LogP contribution in [0.3, 0.4) is 0 Å². The number of aryl methyl sites for hydroxylation is 1. The van der Waals surface area contributed by atoms with E-state index in [9.17, 15) is 24.6 Å². The minimum absolute atomic E-state index is 0.00765. The molecule has 6 rings (SSSR count). The van der Waals surface area contributed by atoms with Crippen LogP contribution in [0.1, 0.15) is 70.7 Å². The number of nitrogens with one attached hydrogen (secondary N) is 2. The number of β-amino-alcohol motifs (C(OH)–C–C–N with tert-alkyl or cyclic N) is 1. The molecule has 4 heterocycles. The van der Waals surface area contributed by atoms with Crippen molar-refractivity contribution in [2.45, 2.75) is 84.5 Å². The highest BCUT2D eigenvalue weighted by atomic mass is 32.1. The van der Waals surface area contributed by atoms with Gasteiger partial charge in [-0.3, -0.25) is 14.4 Å². The Morgan fingerprint density at radius 1 is 1.04 bits per heavy atom. The minimum Gasteiger partial charge on any atom is -0.507 e. The number of nitrogen functional groups attached to an aromatic ring is 1. The molecule has 0 aliphatic carbocycles. The van der Waals surface area contributed by atoms with E-state index in [0.29, 0.717) is 30.2 Å². The van der Waals surface area contributed by atoms with Crippen LogP contribution in [0.5, 0.6) is 5.75 Å². The molecule has 4 atom stereocenters. The van der Waals surface area contributed by atoms with Gasteiger partial charge in [-0.25, -0.2) is 4.98 Å². The van der Waals surface area contributed by atoms with Crippen LogP contribution < -0.4 is 21.3 Å². The number of likely N-dealkylation sites (tertiary alicyclic amines) is 1. The fraction of sp³-hybridized carbons (Fsp3) is 0.450. The van der Waals surface area contributed by atoms with E-state index in [2.05, 4.69) is 30.7 Å². The van der Waals surface area contributed by atoms with Gasteiger partial charge in [0.25, 0.3) is 0 Å². The number of aromatic hydroxyl groups is 1. The van der Waals surface area contributed by atoms with E-state index in [1.807, 2.05) is 76.5 Å². The van der Waals surface area contributed by atoms with Gasteiger partial charge in [-0.2, -0.15) is 0 Å². The third-order valence-electron chi connectivity index (χ3n) is 10.5. The molecule has 2 aromatic carbocycles. The number of phenolic OH excluding ortho intramolecular Hbond substituents is 1. The van der Waals surface area contributed by atoms with Gasteiger partial charge in [0.05, 0.1) is 39.6 Å². The summed E-state index contributed by atoms with van der Waals surface area (Å²) in [6.07, 6.45) is 0.945. The summed E-state index contributed by atoms with van der Waals surface area (Å²) < 4.78 is 0. The lowest BCUT2D eigenvalue weighted by atomic mass is 9.85. The number of para-hydroxylation sites is 1. The molecule has 14 heteroatoms. The molecule has 0 bridgehead atoms. The molecular formula is C40H50N8O5S. The third kappa shape index (κ3) is 8.65. The van der Waals surface area contributed by atoms with Crippen molar-refractivity contribution in [3.05, 3.63) is 71.4 Å². The highest BCUT2D eigenvalue weighted by Crippen LogP contribution is 2.34. The van der Waals surface area contributed by atoms with Crippen LogP contribution in [0.15, 0.2) is 60.1 Å². The topological polar surface area (TPSA) is 187 Å². The first-order chi connectivity index (χ1) is 25.7. The van der Waals surface area contributed by atoms with E-state index in [4.69, 9.17) is 5.73 Å². The lowest BCUT2D eigenvalue weighted by Gasteiger charge is -2.36. The number of piperidine rings is 1. The van der Waals surface area contributed by atoms with Crippen molar-refractivity contribution in [1.29, 1.82) is 0 Å². The van der Waals surface area contributed by atoms with Gasteiger partial charge in [0, 0.05) is 38.0 Å². The van der Waals surface area contributed by atoms with Crippen molar-refractivity contribution in [1.82, 2.24) is 30.7 Å². The molecule has 2 saturated heterocycles. The molecule has 54 heavy (non-hydrogen) atoms. The molecule has 2 aliphatic heterocycles. The lowest BCUT2D eigenvalue weighted by molar-refractivity contribution is -0.144. The number of carbonyl (C=O) groups is 3. The SMILES string of the molecule is Cc1ncsc1-c1ccc(C(C)NC(=O)[C@@H]2C[C@@H](O)CN2C(=O)C(NC(=O)CC2CCN(c3cc(-c4ccccc4O)nnc3N)CC2)C(C)(C)C)cc1. The van der Waals surface area contributed by atoms with Crippen LogP contribution in [0.2, 0.25) is 0 Å². The zero-order valence-corrected chi connectivity index (χ0v) is 32.3.